The van der Waals surface area contributed by atoms with Crippen LogP contribution in [0.15, 0.2) is 36.4 Å². The van der Waals surface area contributed by atoms with Crippen molar-refractivity contribution in [1.82, 2.24) is 15.2 Å². The summed E-state index contributed by atoms with van der Waals surface area (Å²) in [5.41, 5.74) is 3.79. The fourth-order valence-electron chi connectivity index (χ4n) is 2.49. The van der Waals surface area contributed by atoms with Gasteiger partial charge < -0.3 is 5.11 Å². The number of aliphatic hydroxyl groups is 1. The highest BCUT2D eigenvalue weighted by Gasteiger charge is 2.17. The van der Waals surface area contributed by atoms with Gasteiger partial charge in [-0.05, 0) is 23.8 Å². The second kappa shape index (κ2) is 6.56. The first-order valence-electron chi connectivity index (χ1n) is 7.08. The van der Waals surface area contributed by atoms with Crippen molar-refractivity contribution < 1.29 is 14.3 Å². The average Bonchev–Trinajstić information content (AvgIpc) is 2.94. The first-order valence-corrected chi connectivity index (χ1v) is 7.46. The Hall–Kier alpha value is -2.48. The van der Waals surface area contributed by atoms with E-state index in [1.165, 1.54) is 10.7 Å². The number of fused-ring (bicyclic) bond motifs is 1. The summed E-state index contributed by atoms with van der Waals surface area (Å²) in [4.78, 5) is 11.9. The number of nitrogens with zero attached hydrogens (tertiary/aromatic N) is 2. The van der Waals surface area contributed by atoms with E-state index in [1.807, 2.05) is 5.43 Å². The number of hydrogen-bond acceptors (Lipinski definition) is 4. The number of benzene rings is 2. The lowest BCUT2D eigenvalue weighted by Crippen LogP contribution is -2.30. The lowest BCUT2D eigenvalue weighted by molar-refractivity contribution is 0.0949. The van der Waals surface area contributed by atoms with Crippen molar-refractivity contribution in [1.29, 1.82) is 0 Å². The number of aliphatic hydroxyl groups excluding tert-OH is 1. The van der Waals surface area contributed by atoms with Crippen molar-refractivity contribution in [2.24, 2.45) is 5.84 Å². The van der Waals surface area contributed by atoms with E-state index < -0.39 is 11.7 Å². The Morgan fingerprint density at radius 3 is 2.79 bits per heavy atom. The predicted molar refractivity (Wildman–Crippen MR) is 87.8 cm³/mol. The van der Waals surface area contributed by atoms with Crippen molar-refractivity contribution in [3.05, 3.63) is 64.1 Å². The molecule has 0 saturated heterocycles. The van der Waals surface area contributed by atoms with Crippen LogP contribution < -0.4 is 11.3 Å². The summed E-state index contributed by atoms with van der Waals surface area (Å²) in [6, 6.07) is 9.42. The molecule has 2 aromatic carbocycles. The largest absolute Gasteiger partial charge is 0.392 e. The number of amides is 1. The molecule has 0 aliphatic heterocycles. The summed E-state index contributed by atoms with van der Waals surface area (Å²) in [6.07, 6.45) is 0. The third-order valence-electron chi connectivity index (χ3n) is 3.68. The Morgan fingerprint density at radius 2 is 2.12 bits per heavy atom. The van der Waals surface area contributed by atoms with Crippen LogP contribution >= 0.6 is 11.6 Å². The average molecular weight is 349 g/mol. The number of nitrogens with one attached hydrogen (secondary N) is 1. The summed E-state index contributed by atoms with van der Waals surface area (Å²) >= 11 is 5.76. The third-order valence-corrected chi connectivity index (χ3v) is 3.92. The zero-order valence-corrected chi connectivity index (χ0v) is 13.2. The van der Waals surface area contributed by atoms with Crippen LogP contribution in [0.2, 0.25) is 5.02 Å². The second-order valence-corrected chi connectivity index (χ2v) is 5.66. The highest BCUT2D eigenvalue weighted by Crippen LogP contribution is 2.23. The van der Waals surface area contributed by atoms with Gasteiger partial charge >= 0.3 is 0 Å². The molecule has 4 N–H and O–H groups in total. The number of nitrogens with two attached hydrogens (primary N) is 1. The summed E-state index contributed by atoms with van der Waals surface area (Å²) in [6.45, 7) is -0.0545. The molecule has 3 rings (SSSR count). The molecule has 1 amide bonds. The number of rotatable bonds is 4. The van der Waals surface area contributed by atoms with Crippen LogP contribution in [-0.4, -0.2) is 20.8 Å². The summed E-state index contributed by atoms with van der Waals surface area (Å²) in [5.74, 6) is 4.18. The number of carbonyl (C=O) groups excluding carboxylic acids is 1. The molecule has 1 aromatic heterocycles. The van der Waals surface area contributed by atoms with Gasteiger partial charge in [0.1, 0.15) is 5.82 Å². The van der Waals surface area contributed by atoms with Gasteiger partial charge in [-0.1, -0.05) is 29.8 Å². The van der Waals surface area contributed by atoms with E-state index in [4.69, 9.17) is 17.4 Å². The quantitative estimate of drug-likeness (QED) is 0.382. The maximum atomic E-state index is 14.0. The molecule has 0 atom stereocenters. The van der Waals surface area contributed by atoms with Crippen molar-refractivity contribution >= 4 is 28.4 Å². The Labute approximate surface area is 141 Å². The van der Waals surface area contributed by atoms with E-state index >= 15 is 0 Å². The number of carbonyl (C=O) groups is 1. The van der Waals surface area contributed by atoms with E-state index in [-0.39, 0.29) is 18.8 Å². The number of nitrogen functional groups attached to an aromatic ring is 1. The van der Waals surface area contributed by atoms with Crippen LogP contribution in [0, 0.1) is 5.82 Å². The summed E-state index contributed by atoms with van der Waals surface area (Å²) in [7, 11) is 0. The normalized spacial score (nSPS) is 11.0. The molecule has 0 radical (unpaired) electrons. The Bertz CT molecular complexity index is 926. The molecule has 1 heterocycles. The molecule has 0 unspecified atom stereocenters. The minimum atomic E-state index is -0.549. The molecule has 0 saturated carbocycles. The molecule has 6 nitrogen and oxygen atoms in total. The van der Waals surface area contributed by atoms with Crippen LogP contribution in [-0.2, 0) is 13.2 Å². The molecule has 24 heavy (non-hydrogen) atoms. The Kier molecular flexibility index (Phi) is 4.48. The Morgan fingerprint density at radius 1 is 1.33 bits per heavy atom. The molecule has 0 spiro atoms. The van der Waals surface area contributed by atoms with Crippen molar-refractivity contribution in [2.75, 3.05) is 0 Å². The minimum absolute atomic E-state index is 0.103. The topological polar surface area (TPSA) is 93.2 Å². The molecule has 0 bridgehead atoms. The maximum absolute atomic E-state index is 14.0. The summed E-state index contributed by atoms with van der Waals surface area (Å²) < 4.78 is 15.5. The van der Waals surface area contributed by atoms with Crippen LogP contribution in [0.25, 0.3) is 10.9 Å². The zero-order valence-electron chi connectivity index (χ0n) is 12.5. The fourth-order valence-corrected chi connectivity index (χ4v) is 2.64. The molecule has 0 fully saturated rings. The van der Waals surface area contributed by atoms with E-state index in [1.54, 1.807) is 30.3 Å². The van der Waals surface area contributed by atoms with E-state index in [9.17, 15) is 14.3 Å². The standard InChI is InChI=1S/C16H14ClFN4O2/c17-11-3-2-10(13(18)6-11)7-22-14-5-9(8-23)1-4-12(14)15(21-22)16(24)20-19/h1-6,23H,7-8,19H2,(H,20,24). The smallest absolute Gasteiger partial charge is 0.286 e. The molecule has 0 aliphatic carbocycles. The number of hydrazine groups is 1. The van der Waals surface area contributed by atoms with Crippen molar-refractivity contribution in [2.45, 2.75) is 13.2 Å². The molecule has 0 aliphatic rings. The molecular formula is C16H14ClFN4O2. The van der Waals surface area contributed by atoms with Gasteiger partial charge in [-0.3, -0.25) is 14.9 Å². The Balaban J connectivity index is 2.13. The van der Waals surface area contributed by atoms with Gasteiger partial charge in [-0.2, -0.15) is 5.10 Å². The minimum Gasteiger partial charge on any atom is -0.392 e. The van der Waals surface area contributed by atoms with Gasteiger partial charge in [0.05, 0.1) is 18.7 Å². The van der Waals surface area contributed by atoms with Crippen LogP contribution in [0.3, 0.4) is 0 Å². The van der Waals surface area contributed by atoms with E-state index in [0.29, 0.717) is 27.1 Å². The van der Waals surface area contributed by atoms with Crippen molar-refractivity contribution in [3.63, 3.8) is 0 Å². The monoisotopic (exact) mass is 348 g/mol. The van der Waals surface area contributed by atoms with Gasteiger partial charge in [0.2, 0.25) is 0 Å². The fraction of sp³-hybridized carbons (Fsp3) is 0.125. The zero-order chi connectivity index (χ0) is 17.3. The van der Waals surface area contributed by atoms with Gasteiger partial charge in [-0.25, -0.2) is 10.2 Å². The third kappa shape index (κ3) is 2.96. The van der Waals surface area contributed by atoms with E-state index in [0.717, 1.165) is 0 Å². The molecule has 8 heteroatoms. The van der Waals surface area contributed by atoms with Gasteiger partial charge in [0.15, 0.2) is 5.69 Å². The van der Waals surface area contributed by atoms with Gasteiger partial charge in [0.25, 0.3) is 5.91 Å². The lowest BCUT2D eigenvalue weighted by atomic mass is 10.1. The number of aromatic nitrogens is 2. The summed E-state index contributed by atoms with van der Waals surface area (Å²) in [5, 5.41) is 14.4. The molecule has 124 valence electrons. The lowest BCUT2D eigenvalue weighted by Gasteiger charge is -2.06. The number of hydrogen-bond donors (Lipinski definition) is 3. The van der Waals surface area contributed by atoms with Gasteiger partial charge in [0, 0.05) is 16.0 Å². The number of halogens is 2. The van der Waals surface area contributed by atoms with Crippen molar-refractivity contribution in [3.8, 4) is 0 Å². The molecule has 3 aromatic rings. The second-order valence-electron chi connectivity index (χ2n) is 5.23. The molecular weight excluding hydrogens is 335 g/mol. The van der Waals surface area contributed by atoms with E-state index in [2.05, 4.69) is 5.10 Å². The first-order chi connectivity index (χ1) is 11.5. The SMILES string of the molecule is NNC(=O)c1nn(Cc2ccc(Cl)cc2F)c2cc(CO)ccc12. The van der Waals surface area contributed by atoms with Crippen LogP contribution in [0.1, 0.15) is 21.6 Å². The van der Waals surface area contributed by atoms with Gasteiger partial charge in [-0.15, -0.1) is 0 Å². The first kappa shape index (κ1) is 16.4. The maximum Gasteiger partial charge on any atom is 0.286 e. The predicted octanol–water partition coefficient (Wildman–Crippen LogP) is 1.97. The highest BCUT2D eigenvalue weighted by atomic mass is 35.5. The van der Waals surface area contributed by atoms with Crippen LogP contribution in [0.5, 0.6) is 0 Å². The van der Waals surface area contributed by atoms with Crippen LogP contribution in [0.4, 0.5) is 4.39 Å². The highest BCUT2D eigenvalue weighted by molar-refractivity contribution is 6.30.